The van der Waals surface area contributed by atoms with Crippen LogP contribution in [-0.4, -0.2) is 23.1 Å². The molecule has 0 fully saturated rings. The van der Waals surface area contributed by atoms with Crippen molar-refractivity contribution < 1.29 is 13.9 Å². The first-order valence-electron chi connectivity index (χ1n) is 11.8. The second kappa shape index (κ2) is 9.89. The van der Waals surface area contributed by atoms with E-state index in [-0.39, 0.29) is 11.0 Å². The molecule has 1 heterocycles. The third-order valence-electron chi connectivity index (χ3n) is 6.28. The fourth-order valence-corrected chi connectivity index (χ4v) is 5.46. The van der Waals surface area contributed by atoms with Crippen molar-refractivity contribution in [2.24, 2.45) is 0 Å². The molecule has 186 valence electrons. The Balaban J connectivity index is 1.24. The summed E-state index contributed by atoms with van der Waals surface area (Å²) in [5.41, 5.74) is 3.29. The van der Waals surface area contributed by atoms with Crippen LogP contribution >= 0.6 is 28.1 Å². The molecular weight excluding hydrogens is 562 g/mol. The number of carbonyl (C=O) groups is 1. The van der Waals surface area contributed by atoms with Crippen LogP contribution in [0.1, 0.15) is 10.4 Å². The number of amides is 1. The Kier molecular flexibility index (Phi) is 6.27. The van der Waals surface area contributed by atoms with Gasteiger partial charge in [0.2, 0.25) is 5.89 Å². The molecule has 1 amide bonds. The number of rotatable bonds is 4. The van der Waals surface area contributed by atoms with Crippen LogP contribution in [0.4, 0.5) is 5.69 Å². The van der Waals surface area contributed by atoms with E-state index in [1.54, 1.807) is 6.07 Å². The van der Waals surface area contributed by atoms with Crippen molar-refractivity contribution in [1.29, 1.82) is 0 Å². The van der Waals surface area contributed by atoms with Crippen LogP contribution in [0, 0.1) is 0 Å². The minimum atomic E-state index is -0.383. The Bertz CT molecular complexity index is 1880. The summed E-state index contributed by atoms with van der Waals surface area (Å²) in [4.78, 5) is 17.8. The fraction of sp³-hybridized carbons (Fsp3) is 0.0333. The summed E-state index contributed by atoms with van der Waals surface area (Å²) in [6.07, 6.45) is 0. The number of anilines is 1. The first-order valence-corrected chi connectivity index (χ1v) is 13.0. The molecule has 0 saturated carbocycles. The summed E-state index contributed by atoms with van der Waals surface area (Å²) in [5.74, 6) is 0.597. The number of halogens is 1. The van der Waals surface area contributed by atoms with Crippen LogP contribution in [0.5, 0.6) is 5.75 Å². The number of benzene rings is 5. The summed E-state index contributed by atoms with van der Waals surface area (Å²) in [7, 11) is 1.53. The minimum Gasteiger partial charge on any atom is -0.495 e. The molecule has 2 N–H and O–H groups in total. The second-order valence-electron chi connectivity index (χ2n) is 8.63. The molecule has 38 heavy (non-hydrogen) atoms. The maximum absolute atomic E-state index is 13.1. The van der Waals surface area contributed by atoms with Gasteiger partial charge < -0.3 is 14.5 Å². The highest BCUT2D eigenvalue weighted by atomic mass is 79.9. The van der Waals surface area contributed by atoms with E-state index in [0.717, 1.165) is 27.1 Å². The Morgan fingerprint density at radius 2 is 1.66 bits per heavy atom. The monoisotopic (exact) mass is 581 g/mol. The molecule has 0 bridgehead atoms. The normalized spacial score (nSPS) is 11.1. The van der Waals surface area contributed by atoms with Gasteiger partial charge in [0.1, 0.15) is 11.3 Å². The highest BCUT2D eigenvalue weighted by Crippen LogP contribution is 2.36. The zero-order valence-electron chi connectivity index (χ0n) is 20.1. The molecule has 0 saturated heterocycles. The Labute approximate surface area is 231 Å². The SMILES string of the molecule is COc1c(C(=O)NC(=S)Nc2ccc3oc(-c4cccc5ccccc45)nc3c2)cc2ccccc2c1Br. The van der Waals surface area contributed by atoms with Gasteiger partial charge in [0.15, 0.2) is 10.7 Å². The van der Waals surface area contributed by atoms with Gasteiger partial charge in [-0.25, -0.2) is 4.98 Å². The zero-order chi connectivity index (χ0) is 26.2. The average Bonchev–Trinajstić information content (AvgIpc) is 3.36. The standard InChI is InChI=1S/C30H20BrN3O3S/c1-36-27-23(15-18-8-3-5-11-21(18)26(27)31)28(35)34-30(38)32-19-13-14-25-24(16-19)33-29(37-25)22-12-6-9-17-7-2-4-10-20(17)22/h2-16H,1H3,(H2,32,34,35,38). The first kappa shape index (κ1) is 24.1. The lowest BCUT2D eigenvalue weighted by molar-refractivity contribution is 0.0975. The smallest absolute Gasteiger partial charge is 0.261 e. The number of aromatic nitrogens is 1. The van der Waals surface area contributed by atoms with Gasteiger partial charge in [0.25, 0.3) is 5.91 Å². The molecule has 8 heteroatoms. The van der Waals surface area contributed by atoms with Crippen molar-refractivity contribution in [3.63, 3.8) is 0 Å². The number of hydrogen-bond acceptors (Lipinski definition) is 5. The highest BCUT2D eigenvalue weighted by Gasteiger charge is 2.19. The molecule has 0 spiro atoms. The molecule has 1 aromatic heterocycles. The highest BCUT2D eigenvalue weighted by molar-refractivity contribution is 9.10. The van der Waals surface area contributed by atoms with Crippen LogP contribution in [0.3, 0.4) is 0 Å². The molecule has 0 aliphatic carbocycles. The van der Waals surface area contributed by atoms with Gasteiger partial charge in [-0.1, -0.05) is 60.7 Å². The van der Waals surface area contributed by atoms with Crippen LogP contribution in [0.25, 0.3) is 44.1 Å². The van der Waals surface area contributed by atoms with Crippen LogP contribution < -0.4 is 15.4 Å². The Hall–Kier alpha value is -4.27. The van der Waals surface area contributed by atoms with Crippen molar-refractivity contribution in [2.75, 3.05) is 12.4 Å². The molecular formula is C30H20BrN3O3S. The molecule has 0 atom stereocenters. The largest absolute Gasteiger partial charge is 0.495 e. The fourth-order valence-electron chi connectivity index (χ4n) is 4.52. The van der Waals surface area contributed by atoms with Gasteiger partial charge in [0.05, 0.1) is 17.1 Å². The quantitative estimate of drug-likeness (QED) is 0.208. The average molecular weight is 582 g/mol. The number of fused-ring (bicyclic) bond motifs is 3. The number of nitrogens with zero attached hydrogens (tertiary/aromatic N) is 1. The van der Waals surface area contributed by atoms with Crippen molar-refractivity contribution >= 4 is 77.5 Å². The minimum absolute atomic E-state index is 0.151. The maximum atomic E-state index is 13.1. The molecule has 0 aliphatic heterocycles. The summed E-state index contributed by atoms with van der Waals surface area (Å²) < 4.78 is 12.3. The second-order valence-corrected chi connectivity index (χ2v) is 9.83. The summed E-state index contributed by atoms with van der Waals surface area (Å²) in [5, 5.41) is 10.0. The van der Waals surface area contributed by atoms with Crippen LogP contribution in [0.2, 0.25) is 0 Å². The van der Waals surface area contributed by atoms with Gasteiger partial charge in [-0.05, 0) is 80.0 Å². The third kappa shape index (κ3) is 4.38. The van der Waals surface area contributed by atoms with Gasteiger partial charge in [-0.2, -0.15) is 0 Å². The first-order chi connectivity index (χ1) is 18.5. The number of oxazole rings is 1. The number of nitrogens with one attached hydrogen (secondary N) is 2. The molecule has 0 radical (unpaired) electrons. The predicted molar refractivity (Wildman–Crippen MR) is 159 cm³/mol. The molecule has 6 aromatic rings. The van der Waals surface area contributed by atoms with E-state index in [4.69, 9.17) is 26.4 Å². The van der Waals surface area contributed by atoms with Gasteiger partial charge >= 0.3 is 0 Å². The van der Waals surface area contributed by atoms with Gasteiger partial charge in [-0.3, -0.25) is 10.1 Å². The number of hydrogen-bond donors (Lipinski definition) is 2. The molecule has 6 nitrogen and oxygen atoms in total. The Morgan fingerprint density at radius 1 is 0.921 bits per heavy atom. The predicted octanol–water partition coefficient (Wildman–Crippen LogP) is 7.70. The summed E-state index contributed by atoms with van der Waals surface area (Å²) in [6.45, 7) is 0. The van der Waals surface area contributed by atoms with Gasteiger partial charge in [0, 0.05) is 11.3 Å². The third-order valence-corrected chi connectivity index (χ3v) is 7.27. The van der Waals surface area contributed by atoms with E-state index in [2.05, 4.69) is 44.8 Å². The topological polar surface area (TPSA) is 76.4 Å². The van der Waals surface area contributed by atoms with E-state index in [9.17, 15) is 4.79 Å². The lowest BCUT2D eigenvalue weighted by Gasteiger charge is -2.14. The number of carbonyl (C=O) groups excluding carboxylic acids is 1. The van der Waals surface area contributed by atoms with Crippen molar-refractivity contribution in [2.45, 2.75) is 0 Å². The molecule has 0 unspecified atom stereocenters. The number of thiocarbonyl (C=S) groups is 1. The van der Waals surface area contributed by atoms with E-state index >= 15 is 0 Å². The van der Waals surface area contributed by atoms with E-state index in [1.165, 1.54) is 7.11 Å². The van der Waals surface area contributed by atoms with E-state index < -0.39 is 0 Å². The van der Waals surface area contributed by atoms with Crippen molar-refractivity contribution in [3.05, 3.63) is 101 Å². The van der Waals surface area contributed by atoms with Crippen molar-refractivity contribution in [1.82, 2.24) is 10.3 Å². The molecule has 6 rings (SSSR count). The maximum Gasteiger partial charge on any atom is 0.261 e. The zero-order valence-corrected chi connectivity index (χ0v) is 22.5. The summed E-state index contributed by atoms with van der Waals surface area (Å²) in [6, 6.07) is 29.2. The van der Waals surface area contributed by atoms with Crippen LogP contribution in [0.15, 0.2) is 99.9 Å². The number of methoxy groups -OCH3 is 1. The van der Waals surface area contributed by atoms with Gasteiger partial charge in [-0.15, -0.1) is 0 Å². The Morgan fingerprint density at radius 3 is 2.47 bits per heavy atom. The van der Waals surface area contributed by atoms with E-state index in [0.29, 0.717) is 38.5 Å². The lowest BCUT2D eigenvalue weighted by atomic mass is 10.0. The summed E-state index contributed by atoms with van der Waals surface area (Å²) >= 11 is 9.01. The van der Waals surface area contributed by atoms with Crippen molar-refractivity contribution in [3.8, 4) is 17.2 Å². The number of ether oxygens (including phenoxy) is 1. The molecule has 5 aromatic carbocycles. The lowest BCUT2D eigenvalue weighted by Crippen LogP contribution is -2.34. The van der Waals surface area contributed by atoms with E-state index in [1.807, 2.05) is 66.7 Å². The van der Waals surface area contributed by atoms with Crippen LogP contribution in [-0.2, 0) is 0 Å². The molecule has 0 aliphatic rings.